The quantitative estimate of drug-likeness (QED) is 0.811. The van der Waals surface area contributed by atoms with E-state index in [1.807, 2.05) is 0 Å². The molecule has 0 saturated heterocycles. The first-order chi connectivity index (χ1) is 10.5. The number of aromatic carboxylic acids is 1. The van der Waals surface area contributed by atoms with Crippen molar-refractivity contribution in [2.24, 2.45) is 0 Å². The number of rotatable bonds is 4. The maximum absolute atomic E-state index is 11.8. The van der Waals surface area contributed by atoms with Gasteiger partial charge >= 0.3 is 11.9 Å². The van der Waals surface area contributed by atoms with E-state index in [0.717, 1.165) is 4.68 Å². The van der Waals surface area contributed by atoms with Crippen molar-refractivity contribution in [3.63, 3.8) is 0 Å². The number of nitrogen functional groups attached to an aromatic ring is 1. The summed E-state index contributed by atoms with van der Waals surface area (Å²) in [4.78, 5) is 23.1. The molecule has 0 spiro atoms. The van der Waals surface area contributed by atoms with Crippen molar-refractivity contribution in [2.75, 3.05) is 12.3 Å². The van der Waals surface area contributed by atoms with Crippen LogP contribution in [0.25, 0.3) is 5.69 Å². The van der Waals surface area contributed by atoms with Crippen LogP contribution in [0.1, 0.15) is 33.3 Å². The molecule has 3 N–H and O–H groups in total. The summed E-state index contributed by atoms with van der Waals surface area (Å²) in [5.74, 6) is -2.10. The van der Waals surface area contributed by atoms with E-state index in [1.165, 1.54) is 12.1 Å². The molecule has 22 heavy (non-hydrogen) atoms. The molecule has 2 rings (SSSR count). The van der Waals surface area contributed by atoms with E-state index in [-0.39, 0.29) is 34.9 Å². The summed E-state index contributed by atoms with van der Waals surface area (Å²) in [7, 11) is 0. The highest BCUT2D eigenvalue weighted by molar-refractivity contribution is 5.94. The summed E-state index contributed by atoms with van der Waals surface area (Å²) in [6.45, 7) is 1.73. The van der Waals surface area contributed by atoms with E-state index in [1.54, 1.807) is 25.1 Å². The zero-order valence-corrected chi connectivity index (χ0v) is 11.6. The molecule has 0 fully saturated rings. The van der Waals surface area contributed by atoms with Crippen LogP contribution in [-0.2, 0) is 4.74 Å². The number of hydrogen-bond acceptors (Lipinski definition) is 6. The van der Waals surface area contributed by atoms with Crippen LogP contribution in [0.2, 0.25) is 0 Å². The average molecular weight is 300 g/mol. The molecule has 0 unspecified atom stereocenters. The lowest BCUT2D eigenvalue weighted by Crippen LogP contribution is -2.10. The van der Waals surface area contributed by atoms with Crippen LogP contribution in [0.5, 0.6) is 0 Å². The van der Waals surface area contributed by atoms with Gasteiger partial charge in [0, 0.05) is 0 Å². The second kappa shape index (κ2) is 5.97. The third-order valence-electron chi connectivity index (χ3n) is 2.86. The molecule has 1 aromatic heterocycles. The molecule has 1 heterocycles. The number of carboxylic acid groups (broad SMARTS) is 1. The van der Waals surface area contributed by atoms with Gasteiger partial charge in [0.25, 0.3) is 0 Å². The number of esters is 1. The predicted molar refractivity (Wildman–Crippen MR) is 75.6 cm³/mol. The Hall–Kier alpha value is -3.34. The minimum absolute atomic E-state index is 0.0587. The zero-order chi connectivity index (χ0) is 16.3. The van der Waals surface area contributed by atoms with Gasteiger partial charge in [0.2, 0.25) is 0 Å². The molecule has 0 aliphatic carbocycles. The Morgan fingerprint density at radius 3 is 2.73 bits per heavy atom. The number of carboxylic acids is 1. The smallest absolute Gasteiger partial charge is 0.360 e. The molecule has 0 bridgehead atoms. The highest BCUT2D eigenvalue weighted by Crippen LogP contribution is 2.23. The first kappa shape index (κ1) is 15.1. The number of aromatic nitrogens is 2. The van der Waals surface area contributed by atoms with Gasteiger partial charge in [-0.1, -0.05) is 12.1 Å². The van der Waals surface area contributed by atoms with Gasteiger partial charge < -0.3 is 15.6 Å². The van der Waals surface area contributed by atoms with Crippen LogP contribution in [0.3, 0.4) is 0 Å². The fourth-order valence-corrected chi connectivity index (χ4v) is 1.91. The second-order valence-corrected chi connectivity index (χ2v) is 4.18. The third-order valence-corrected chi connectivity index (χ3v) is 2.86. The average Bonchev–Trinajstić information content (AvgIpc) is 2.84. The van der Waals surface area contributed by atoms with Gasteiger partial charge in [0.05, 0.1) is 17.9 Å². The van der Waals surface area contributed by atoms with Gasteiger partial charge in [-0.25, -0.2) is 14.3 Å². The minimum Gasteiger partial charge on any atom is -0.478 e. The predicted octanol–water partition coefficient (Wildman–Crippen LogP) is 1.20. The maximum atomic E-state index is 11.8. The van der Waals surface area contributed by atoms with E-state index in [4.69, 9.17) is 15.7 Å². The topological polar surface area (TPSA) is 131 Å². The number of anilines is 1. The van der Waals surface area contributed by atoms with E-state index in [0.29, 0.717) is 0 Å². The molecule has 0 aliphatic rings. The Morgan fingerprint density at radius 1 is 1.45 bits per heavy atom. The number of nitrogens with two attached hydrogens (primary N) is 1. The molecule has 0 saturated carbocycles. The highest BCUT2D eigenvalue weighted by Gasteiger charge is 2.25. The molecule has 0 aliphatic heterocycles. The summed E-state index contributed by atoms with van der Waals surface area (Å²) < 4.78 is 5.86. The number of nitriles is 1. The lowest BCUT2D eigenvalue weighted by molar-refractivity contribution is 0.0518. The number of hydrogen-bond donors (Lipinski definition) is 2. The van der Waals surface area contributed by atoms with E-state index < -0.39 is 11.9 Å². The second-order valence-electron chi connectivity index (χ2n) is 4.18. The third kappa shape index (κ3) is 2.47. The van der Waals surface area contributed by atoms with Gasteiger partial charge in [0.15, 0.2) is 5.69 Å². The van der Waals surface area contributed by atoms with Crippen LogP contribution < -0.4 is 5.73 Å². The van der Waals surface area contributed by atoms with Crippen molar-refractivity contribution in [2.45, 2.75) is 6.92 Å². The van der Waals surface area contributed by atoms with Gasteiger partial charge in [-0.3, -0.25) is 0 Å². The number of nitrogens with zero attached hydrogens (tertiary/aromatic N) is 3. The summed E-state index contributed by atoms with van der Waals surface area (Å²) in [5, 5.41) is 22.3. The Morgan fingerprint density at radius 2 is 2.14 bits per heavy atom. The molecule has 112 valence electrons. The minimum atomic E-state index is -1.18. The van der Waals surface area contributed by atoms with Gasteiger partial charge in [-0.2, -0.15) is 10.4 Å². The SMILES string of the molecule is CCOC(=O)c1nn(-c2ccccc2C(=O)O)c(N)c1C#N. The summed E-state index contributed by atoms with van der Waals surface area (Å²) in [6.07, 6.45) is 0. The molecule has 1 aromatic carbocycles. The normalized spacial score (nSPS) is 10.0. The molecule has 8 heteroatoms. The van der Waals surface area contributed by atoms with E-state index in [9.17, 15) is 14.7 Å². The molecule has 8 nitrogen and oxygen atoms in total. The van der Waals surface area contributed by atoms with Crippen molar-refractivity contribution in [1.29, 1.82) is 5.26 Å². The van der Waals surface area contributed by atoms with Gasteiger partial charge in [-0.05, 0) is 19.1 Å². The van der Waals surface area contributed by atoms with Crippen molar-refractivity contribution < 1.29 is 19.4 Å². The van der Waals surface area contributed by atoms with Crippen LogP contribution in [0.15, 0.2) is 24.3 Å². The monoisotopic (exact) mass is 300 g/mol. The van der Waals surface area contributed by atoms with E-state index in [2.05, 4.69) is 5.10 Å². The summed E-state index contributed by atoms with van der Waals surface area (Å²) >= 11 is 0. The summed E-state index contributed by atoms with van der Waals surface area (Å²) in [6, 6.07) is 7.77. The van der Waals surface area contributed by atoms with E-state index >= 15 is 0 Å². The maximum Gasteiger partial charge on any atom is 0.360 e. The molecule has 0 amide bonds. The number of benzene rings is 1. The molecule has 2 aromatic rings. The largest absolute Gasteiger partial charge is 0.478 e. The fourth-order valence-electron chi connectivity index (χ4n) is 1.91. The number of carbonyl (C=O) groups excluding carboxylic acids is 1. The van der Waals surface area contributed by atoms with Crippen molar-refractivity contribution in [1.82, 2.24) is 9.78 Å². The Labute approximate surface area is 125 Å². The lowest BCUT2D eigenvalue weighted by Gasteiger charge is -2.07. The number of para-hydroxylation sites is 1. The standard InChI is InChI=1S/C14H12N4O4/c1-2-22-14(21)11-9(7-15)12(16)18(17-11)10-6-4-3-5-8(10)13(19)20/h3-6H,2,16H2,1H3,(H,19,20). The lowest BCUT2D eigenvalue weighted by atomic mass is 10.2. The molecular weight excluding hydrogens is 288 g/mol. The Kier molecular flexibility index (Phi) is 4.08. The zero-order valence-electron chi connectivity index (χ0n) is 11.6. The fraction of sp³-hybridized carbons (Fsp3) is 0.143. The van der Waals surface area contributed by atoms with Crippen molar-refractivity contribution in [3.8, 4) is 11.8 Å². The molecule has 0 atom stereocenters. The Bertz CT molecular complexity index is 789. The summed E-state index contributed by atoms with van der Waals surface area (Å²) in [5.41, 5.74) is 5.52. The molecule has 0 radical (unpaired) electrons. The first-order valence-corrected chi connectivity index (χ1v) is 6.29. The molecular formula is C14H12N4O4. The van der Waals surface area contributed by atoms with Crippen molar-refractivity contribution >= 4 is 17.8 Å². The first-order valence-electron chi connectivity index (χ1n) is 6.29. The van der Waals surface area contributed by atoms with Crippen molar-refractivity contribution in [3.05, 3.63) is 41.1 Å². The van der Waals surface area contributed by atoms with Gasteiger partial charge in [-0.15, -0.1) is 0 Å². The van der Waals surface area contributed by atoms with Crippen LogP contribution >= 0.6 is 0 Å². The van der Waals surface area contributed by atoms with Crippen LogP contribution in [0.4, 0.5) is 5.82 Å². The van der Waals surface area contributed by atoms with Crippen LogP contribution in [0, 0.1) is 11.3 Å². The Balaban J connectivity index is 2.66. The van der Waals surface area contributed by atoms with Crippen LogP contribution in [-0.4, -0.2) is 33.4 Å². The highest BCUT2D eigenvalue weighted by atomic mass is 16.5. The van der Waals surface area contributed by atoms with Gasteiger partial charge in [0.1, 0.15) is 17.5 Å². The number of carbonyl (C=O) groups is 2. The number of ether oxygens (including phenoxy) is 1.